The van der Waals surface area contributed by atoms with Crippen LogP contribution in [-0.2, 0) is 21.4 Å². The molecule has 1 N–H and O–H groups in total. The number of hydrogen-bond donors (Lipinski definition) is 1. The number of methoxy groups -OCH3 is 1. The standard InChI is InChI=1S/C26H25NO5S2/c1-31-26(28)20-11-12-24-23(17-20)25(22-10-6-5-9-21(22)18-32-24)33-15-14-27-34(29,30)16-13-19-7-3-2-4-8-19/h2-13,16-17,25,27H,14-15,18H2,1H3/b16-13+. The molecule has 1 unspecified atom stereocenters. The highest BCUT2D eigenvalue weighted by molar-refractivity contribution is 7.99. The molecule has 0 bridgehead atoms. The summed E-state index contributed by atoms with van der Waals surface area (Å²) in [5, 5.41) is 1.06. The maximum atomic E-state index is 12.4. The lowest BCUT2D eigenvalue weighted by molar-refractivity contribution is 0.0600. The summed E-state index contributed by atoms with van der Waals surface area (Å²) in [6, 6.07) is 22.6. The van der Waals surface area contributed by atoms with Gasteiger partial charge in [-0.2, -0.15) is 0 Å². The molecule has 176 valence electrons. The van der Waals surface area contributed by atoms with Gasteiger partial charge in [-0.3, -0.25) is 0 Å². The van der Waals surface area contributed by atoms with Crippen LogP contribution in [0.25, 0.3) is 6.08 Å². The minimum atomic E-state index is -3.56. The first kappa shape index (κ1) is 24.1. The number of rotatable bonds is 8. The number of esters is 1. The highest BCUT2D eigenvalue weighted by Crippen LogP contribution is 2.44. The van der Waals surface area contributed by atoms with Gasteiger partial charge in [0.1, 0.15) is 12.4 Å². The van der Waals surface area contributed by atoms with Gasteiger partial charge < -0.3 is 9.47 Å². The molecule has 4 rings (SSSR count). The van der Waals surface area contributed by atoms with Gasteiger partial charge in [0.05, 0.1) is 17.9 Å². The molecule has 8 heteroatoms. The average molecular weight is 496 g/mol. The fraction of sp³-hybridized carbons (Fsp3) is 0.192. The molecular weight excluding hydrogens is 470 g/mol. The molecule has 1 atom stereocenters. The van der Waals surface area contributed by atoms with Gasteiger partial charge >= 0.3 is 5.97 Å². The SMILES string of the molecule is COC(=O)c1ccc2c(c1)C(SCCNS(=O)(=O)/C=C/c1ccccc1)c1ccccc1CO2. The van der Waals surface area contributed by atoms with Gasteiger partial charge in [-0.25, -0.2) is 17.9 Å². The first-order valence-electron chi connectivity index (χ1n) is 10.7. The Balaban J connectivity index is 1.50. The quantitative estimate of drug-likeness (QED) is 0.358. The van der Waals surface area contributed by atoms with Gasteiger partial charge in [-0.15, -0.1) is 11.8 Å². The number of nitrogens with one attached hydrogen (secondary N) is 1. The Morgan fingerprint density at radius 2 is 1.85 bits per heavy atom. The van der Waals surface area contributed by atoms with E-state index in [9.17, 15) is 13.2 Å². The third-order valence-corrected chi connectivity index (χ3v) is 7.75. The average Bonchev–Trinajstić information content (AvgIpc) is 3.02. The van der Waals surface area contributed by atoms with Crippen molar-refractivity contribution in [2.45, 2.75) is 11.9 Å². The monoisotopic (exact) mass is 495 g/mol. The molecule has 1 aliphatic heterocycles. The van der Waals surface area contributed by atoms with Gasteiger partial charge in [-0.05, 0) is 41.0 Å². The van der Waals surface area contributed by atoms with Crippen LogP contribution in [0.3, 0.4) is 0 Å². The Bertz CT molecular complexity index is 1290. The third-order valence-electron chi connectivity index (χ3n) is 5.36. The van der Waals surface area contributed by atoms with Gasteiger partial charge in [-0.1, -0.05) is 54.6 Å². The van der Waals surface area contributed by atoms with Crippen LogP contribution in [0.15, 0.2) is 78.2 Å². The van der Waals surface area contributed by atoms with Crippen molar-refractivity contribution in [2.24, 2.45) is 0 Å². The summed E-state index contributed by atoms with van der Waals surface area (Å²) in [5.74, 6) is 0.814. The van der Waals surface area contributed by atoms with Crippen molar-refractivity contribution < 1.29 is 22.7 Å². The molecule has 0 spiro atoms. The molecule has 3 aromatic rings. The molecule has 0 saturated carbocycles. The summed E-state index contributed by atoms with van der Waals surface area (Å²) in [7, 11) is -2.21. The fourth-order valence-corrected chi connectivity index (χ4v) is 5.87. The number of carbonyl (C=O) groups excluding carboxylic acids is 1. The Labute approximate surface area is 204 Å². The van der Waals surface area contributed by atoms with Gasteiger partial charge in [0.15, 0.2) is 0 Å². The van der Waals surface area contributed by atoms with E-state index in [4.69, 9.17) is 9.47 Å². The Kier molecular flexibility index (Phi) is 7.72. The second-order valence-electron chi connectivity index (χ2n) is 7.64. The number of benzene rings is 3. The third kappa shape index (κ3) is 5.88. The van der Waals surface area contributed by atoms with Crippen molar-refractivity contribution in [1.82, 2.24) is 4.72 Å². The second-order valence-corrected chi connectivity index (χ2v) is 10.5. The molecule has 0 aliphatic carbocycles. The van der Waals surface area contributed by atoms with Crippen LogP contribution in [0.2, 0.25) is 0 Å². The summed E-state index contributed by atoms with van der Waals surface area (Å²) in [4.78, 5) is 12.1. The van der Waals surface area contributed by atoms with E-state index in [2.05, 4.69) is 4.72 Å². The predicted octanol–water partition coefficient (Wildman–Crippen LogP) is 4.78. The normalized spacial score (nSPS) is 15.1. The lowest BCUT2D eigenvalue weighted by Crippen LogP contribution is -2.24. The Hall–Kier alpha value is -3.07. The van der Waals surface area contributed by atoms with Crippen molar-refractivity contribution >= 4 is 33.8 Å². The van der Waals surface area contributed by atoms with Crippen LogP contribution < -0.4 is 9.46 Å². The molecule has 1 heterocycles. The fourth-order valence-electron chi connectivity index (χ4n) is 3.69. The van der Waals surface area contributed by atoms with Crippen LogP contribution >= 0.6 is 11.8 Å². The largest absolute Gasteiger partial charge is 0.489 e. The van der Waals surface area contributed by atoms with Crippen LogP contribution in [0.5, 0.6) is 5.75 Å². The number of sulfonamides is 1. The number of fused-ring (bicyclic) bond motifs is 2. The molecule has 1 aliphatic rings. The first-order valence-corrected chi connectivity index (χ1v) is 13.3. The lowest BCUT2D eigenvalue weighted by atomic mass is 9.98. The zero-order chi connectivity index (χ0) is 24.0. The van der Waals surface area contributed by atoms with Gasteiger partial charge in [0, 0.05) is 23.3 Å². The van der Waals surface area contributed by atoms with E-state index in [0.717, 1.165) is 22.3 Å². The van der Waals surface area contributed by atoms with Gasteiger partial charge in [0.2, 0.25) is 10.0 Å². The van der Waals surface area contributed by atoms with E-state index >= 15 is 0 Å². The van der Waals surface area contributed by atoms with Crippen molar-refractivity contribution in [2.75, 3.05) is 19.4 Å². The molecule has 0 fully saturated rings. The zero-order valence-corrected chi connectivity index (χ0v) is 20.3. The molecule has 0 saturated heterocycles. The number of hydrogen-bond acceptors (Lipinski definition) is 6. The molecular formula is C26H25NO5S2. The van der Waals surface area contributed by atoms with E-state index in [1.54, 1.807) is 36.0 Å². The molecule has 3 aromatic carbocycles. The molecule has 0 amide bonds. The van der Waals surface area contributed by atoms with Gasteiger partial charge in [0.25, 0.3) is 0 Å². The van der Waals surface area contributed by atoms with Crippen LogP contribution in [0.4, 0.5) is 0 Å². The van der Waals surface area contributed by atoms with E-state index < -0.39 is 16.0 Å². The summed E-state index contributed by atoms with van der Waals surface area (Å²) >= 11 is 1.60. The maximum absolute atomic E-state index is 12.4. The summed E-state index contributed by atoms with van der Waals surface area (Å²) in [6.45, 7) is 0.687. The van der Waals surface area contributed by atoms with Crippen molar-refractivity contribution in [3.8, 4) is 5.75 Å². The minimum Gasteiger partial charge on any atom is -0.489 e. The highest BCUT2D eigenvalue weighted by atomic mass is 32.2. The predicted molar refractivity (Wildman–Crippen MR) is 135 cm³/mol. The molecule has 0 radical (unpaired) electrons. The van der Waals surface area contributed by atoms with Crippen LogP contribution in [-0.4, -0.2) is 33.8 Å². The summed E-state index contributed by atoms with van der Waals surface area (Å²) in [6.07, 6.45) is 1.57. The highest BCUT2D eigenvalue weighted by Gasteiger charge is 2.26. The maximum Gasteiger partial charge on any atom is 0.337 e. The van der Waals surface area contributed by atoms with Crippen molar-refractivity contribution in [3.05, 3.63) is 106 Å². The van der Waals surface area contributed by atoms with E-state index in [1.807, 2.05) is 54.6 Å². The second kappa shape index (κ2) is 10.9. The van der Waals surface area contributed by atoms with Crippen LogP contribution in [0, 0.1) is 0 Å². The van der Waals surface area contributed by atoms with E-state index in [1.165, 1.54) is 12.5 Å². The molecule has 34 heavy (non-hydrogen) atoms. The number of ether oxygens (including phenoxy) is 2. The van der Waals surface area contributed by atoms with Crippen molar-refractivity contribution in [3.63, 3.8) is 0 Å². The first-order chi connectivity index (χ1) is 16.5. The molecule has 0 aromatic heterocycles. The Morgan fingerprint density at radius 1 is 1.09 bits per heavy atom. The van der Waals surface area contributed by atoms with E-state index in [0.29, 0.717) is 23.7 Å². The number of carbonyl (C=O) groups is 1. The zero-order valence-electron chi connectivity index (χ0n) is 18.6. The summed E-state index contributed by atoms with van der Waals surface area (Å²) in [5.41, 5.74) is 4.27. The van der Waals surface area contributed by atoms with Crippen LogP contribution in [0.1, 0.15) is 37.9 Å². The number of thioether (sulfide) groups is 1. The minimum absolute atomic E-state index is 0.123. The smallest absolute Gasteiger partial charge is 0.337 e. The van der Waals surface area contributed by atoms with E-state index in [-0.39, 0.29) is 11.8 Å². The lowest BCUT2D eigenvalue weighted by Gasteiger charge is -2.19. The Morgan fingerprint density at radius 3 is 2.65 bits per heavy atom. The summed E-state index contributed by atoms with van der Waals surface area (Å²) < 4.78 is 38.3. The topological polar surface area (TPSA) is 81.7 Å². The molecule has 6 nitrogen and oxygen atoms in total. The van der Waals surface area contributed by atoms with Crippen molar-refractivity contribution in [1.29, 1.82) is 0 Å².